The molecule has 0 unspecified atom stereocenters. The van der Waals surface area contributed by atoms with Crippen LogP contribution in [0.25, 0.3) is 0 Å². The Morgan fingerprint density at radius 2 is 1.89 bits per heavy atom. The van der Waals surface area contributed by atoms with Crippen LogP contribution in [-0.4, -0.2) is 35.7 Å². The average Bonchev–Trinajstić information content (AvgIpc) is 2.35. The summed E-state index contributed by atoms with van der Waals surface area (Å²) in [7, 11) is 0. The van der Waals surface area contributed by atoms with Gasteiger partial charge in [-0.3, -0.25) is 9.59 Å². The van der Waals surface area contributed by atoms with Crippen molar-refractivity contribution in [3.63, 3.8) is 0 Å². The fourth-order valence-corrected chi connectivity index (χ4v) is 2.34. The number of carbonyl (C=O) groups is 2. The molecule has 0 bridgehead atoms. The molecular formula is C14H25NO4. The number of ether oxygens (including phenoxy) is 1. The zero-order valence-electron chi connectivity index (χ0n) is 11.9. The van der Waals surface area contributed by atoms with Crippen molar-refractivity contribution >= 4 is 11.9 Å². The summed E-state index contributed by atoms with van der Waals surface area (Å²) in [4.78, 5) is 22.5. The van der Waals surface area contributed by atoms with Gasteiger partial charge >= 0.3 is 5.97 Å². The van der Waals surface area contributed by atoms with Gasteiger partial charge in [0.05, 0.1) is 12.0 Å². The van der Waals surface area contributed by atoms with Crippen LogP contribution in [-0.2, 0) is 14.3 Å². The lowest BCUT2D eigenvalue weighted by atomic mass is 9.86. The van der Waals surface area contributed by atoms with Crippen LogP contribution in [0.2, 0.25) is 0 Å². The minimum atomic E-state index is -0.712. The van der Waals surface area contributed by atoms with Gasteiger partial charge in [-0.1, -0.05) is 0 Å². The number of rotatable bonds is 7. The lowest BCUT2D eigenvalue weighted by Gasteiger charge is -2.26. The van der Waals surface area contributed by atoms with Crippen LogP contribution >= 0.6 is 0 Å². The number of carboxylic acid groups (broad SMARTS) is 1. The van der Waals surface area contributed by atoms with Crippen molar-refractivity contribution in [1.82, 2.24) is 5.32 Å². The lowest BCUT2D eigenvalue weighted by Crippen LogP contribution is -2.38. The van der Waals surface area contributed by atoms with Crippen LogP contribution in [0.1, 0.15) is 52.4 Å². The van der Waals surface area contributed by atoms with Crippen molar-refractivity contribution < 1.29 is 19.4 Å². The second-order valence-corrected chi connectivity index (χ2v) is 5.48. The molecule has 0 aliphatic heterocycles. The molecule has 5 nitrogen and oxygen atoms in total. The summed E-state index contributed by atoms with van der Waals surface area (Å²) in [5.74, 6) is -0.894. The fraction of sp³-hybridized carbons (Fsp3) is 0.857. The minimum Gasteiger partial charge on any atom is -0.481 e. The predicted molar refractivity (Wildman–Crippen MR) is 71.8 cm³/mol. The van der Waals surface area contributed by atoms with E-state index in [1.807, 2.05) is 13.8 Å². The zero-order chi connectivity index (χ0) is 14.3. The molecule has 0 radical (unpaired) electrons. The van der Waals surface area contributed by atoms with E-state index in [4.69, 9.17) is 9.84 Å². The maximum atomic E-state index is 11.7. The molecule has 1 saturated carbocycles. The standard InChI is InChI=1S/C14H25NO4/c1-10(2)19-9-3-4-13(16)15-12-7-5-11(6-8-12)14(17)18/h10-12H,3-9H2,1-2H3,(H,15,16)(H,17,18). The van der Waals surface area contributed by atoms with Crippen LogP contribution < -0.4 is 5.32 Å². The molecule has 110 valence electrons. The Morgan fingerprint density at radius 1 is 1.26 bits per heavy atom. The summed E-state index contributed by atoms with van der Waals surface area (Å²) in [5.41, 5.74) is 0. The number of amides is 1. The minimum absolute atomic E-state index is 0.0473. The van der Waals surface area contributed by atoms with Gasteiger partial charge < -0.3 is 15.2 Å². The van der Waals surface area contributed by atoms with E-state index in [1.54, 1.807) is 0 Å². The molecule has 0 aromatic carbocycles. The number of aliphatic carboxylic acids is 1. The van der Waals surface area contributed by atoms with E-state index in [-0.39, 0.29) is 24.0 Å². The Labute approximate surface area is 114 Å². The highest BCUT2D eigenvalue weighted by atomic mass is 16.5. The second-order valence-electron chi connectivity index (χ2n) is 5.48. The first-order valence-corrected chi connectivity index (χ1v) is 7.12. The molecule has 5 heteroatoms. The molecule has 1 amide bonds. The Hall–Kier alpha value is -1.10. The Morgan fingerprint density at radius 3 is 2.42 bits per heavy atom. The van der Waals surface area contributed by atoms with Crippen LogP contribution in [0.4, 0.5) is 0 Å². The first kappa shape index (κ1) is 16.0. The number of carboxylic acids is 1. The van der Waals surface area contributed by atoms with Gasteiger partial charge in [0.2, 0.25) is 5.91 Å². The first-order chi connectivity index (χ1) is 8.99. The Kier molecular flexibility index (Phi) is 6.84. The van der Waals surface area contributed by atoms with Crippen molar-refractivity contribution in [2.75, 3.05) is 6.61 Å². The summed E-state index contributed by atoms with van der Waals surface area (Å²) >= 11 is 0. The van der Waals surface area contributed by atoms with Crippen molar-refractivity contribution in [3.05, 3.63) is 0 Å². The normalized spacial score (nSPS) is 23.3. The Balaban J connectivity index is 2.11. The van der Waals surface area contributed by atoms with Crippen molar-refractivity contribution in [2.45, 2.75) is 64.5 Å². The molecule has 0 saturated heterocycles. The van der Waals surface area contributed by atoms with Gasteiger partial charge in [-0.2, -0.15) is 0 Å². The predicted octanol–water partition coefficient (Wildman–Crippen LogP) is 1.95. The van der Waals surface area contributed by atoms with Gasteiger partial charge in [-0.15, -0.1) is 0 Å². The second kappa shape index (κ2) is 8.15. The molecule has 1 fully saturated rings. The van der Waals surface area contributed by atoms with Gasteiger partial charge in [-0.25, -0.2) is 0 Å². The molecule has 2 N–H and O–H groups in total. The molecular weight excluding hydrogens is 246 g/mol. The SMILES string of the molecule is CC(C)OCCCC(=O)NC1CCC(C(=O)O)CC1. The summed E-state index contributed by atoms with van der Waals surface area (Å²) in [6, 6.07) is 0.147. The molecule has 19 heavy (non-hydrogen) atoms. The molecule has 0 aromatic heterocycles. The van der Waals surface area contributed by atoms with E-state index in [9.17, 15) is 9.59 Å². The molecule has 1 rings (SSSR count). The van der Waals surface area contributed by atoms with E-state index >= 15 is 0 Å². The Bertz CT molecular complexity index is 296. The number of hydrogen-bond donors (Lipinski definition) is 2. The quantitative estimate of drug-likeness (QED) is 0.694. The highest BCUT2D eigenvalue weighted by Gasteiger charge is 2.26. The van der Waals surface area contributed by atoms with Crippen LogP contribution in [0.15, 0.2) is 0 Å². The number of nitrogens with one attached hydrogen (secondary N) is 1. The highest BCUT2D eigenvalue weighted by Crippen LogP contribution is 2.24. The molecule has 0 atom stereocenters. The van der Waals surface area contributed by atoms with Gasteiger partial charge in [0.15, 0.2) is 0 Å². The van der Waals surface area contributed by atoms with Crippen LogP contribution in [0.5, 0.6) is 0 Å². The largest absolute Gasteiger partial charge is 0.481 e. The summed E-state index contributed by atoms with van der Waals surface area (Å²) < 4.78 is 5.38. The van der Waals surface area contributed by atoms with E-state index in [0.29, 0.717) is 25.9 Å². The van der Waals surface area contributed by atoms with Gasteiger partial charge in [0.25, 0.3) is 0 Å². The monoisotopic (exact) mass is 271 g/mol. The lowest BCUT2D eigenvalue weighted by molar-refractivity contribution is -0.142. The van der Waals surface area contributed by atoms with E-state index < -0.39 is 5.97 Å². The van der Waals surface area contributed by atoms with Crippen LogP contribution in [0, 0.1) is 5.92 Å². The van der Waals surface area contributed by atoms with Crippen molar-refractivity contribution in [3.8, 4) is 0 Å². The van der Waals surface area contributed by atoms with Crippen molar-refractivity contribution in [1.29, 1.82) is 0 Å². The number of carbonyl (C=O) groups excluding carboxylic acids is 1. The third-order valence-corrected chi connectivity index (χ3v) is 3.44. The zero-order valence-corrected chi connectivity index (χ0v) is 11.9. The fourth-order valence-electron chi connectivity index (χ4n) is 2.34. The van der Waals surface area contributed by atoms with E-state index in [2.05, 4.69) is 5.32 Å². The highest BCUT2D eigenvalue weighted by molar-refractivity contribution is 5.76. The van der Waals surface area contributed by atoms with Gasteiger partial charge in [0.1, 0.15) is 0 Å². The van der Waals surface area contributed by atoms with Gasteiger partial charge in [0, 0.05) is 19.1 Å². The van der Waals surface area contributed by atoms with E-state index in [1.165, 1.54) is 0 Å². The van der Waals surface area contributed by atoms with Gasteiger partial charge in [-0.05, 0) is 46.0 Å². The molecule has 0 heterocycles. The topological polar surface area (TPSA) is 75.6 Å². The average molecular weight is 271 g/mol. The maximum absolute atomic E-state index is 11.7. The summed E-state index contributed by atoms with van der Waals surface area (Å²) in [5, 5.41) is 11.9. The third-order valence-electron chi connectivity index (χ3n) is 3.44. The maximum Gasteiger partial charge on any atom is 0.306 e. The third kappa shape index (κ3) is 6.57. The molecule has 0 aromatic rings. The molecule has 0 spiro atoms. The van der Waals surface area contributed by atoms with Crippen LogP contribution in [0.3, 0.4) is 0 Å². The summed E-state index contributed by atoms with van der Waals surface area (Å²) in [6.45, 7) is 4.55. The number of hydrogen-bond acceptors (Lipinski definition) is 3. The smallest absolute Gasteiger partial charge is 0.306 e. The first-order valence-electron chi connectivity index (χ1n) is 7.12. The van der Waals surface area contributed by atoms with E-state index in [0.717, 1.165) is 19.3 Å². The molecule has 1 aliphatic rings. The summed E-state index contributed by atoms with van der Waals surface area (Å²) in [6.07, 6.45) is 4.28. The van der Waals surface area contributed by atoms with Crippen molar-refractivity contribution in [2.24, 2.45) is 5.92 Å². The molecule has 1 aliphatic carbocycles.